The molecule has 0 aliphatic heterocycles. The summed E-state index contributed by atoms with van der Waals surface area (Å²) >= 11 is 0. The van der Waals surface area contributed by atoms with Gasteiger partial charge >= 0.3 is 6.03 Å². The lowest BCUT2D eigenvalue weighted by Gasteiger charge is -2.17. The number of aromatic nitrogens is 2. The third-order valence-electron chi connectivity index (χ3n) is 4.29. The molecule has 1 aromatic carbocycles. The number of hydrogen-bond acceptors (Lipinski definition) is 5. The first-order valence-corrected chi connectivity index (χ1v) is 9.10. The Morgan fingerprint density at radius 1 is 0.967 bits per heavy atom. The summed E-state index contributed by atoms with van der Waals surface area (Å²) in [6.07, 6.45) is 4.36. The molecule has 0 atom stereocenters. The highest BCUT2D eigenvalue weighted by Gasteiger charge is 2.23. The summed E-state index contributed by atoms with van der Waals surface area (Å²) in [6, 6.07) is 10.1. The van der Waals surface area contributed by atoms with Gasteiger partial charge in [0.15, 0.2) is 0 Å². The molecule has 0 aliphatic rings. The molecule has 4 amide bonds. The summed E-state index contributed by atoms with van der Waals surface area (Å²) in [5, 5.41) is 5.14. The Kier molecular flexibility index (Phi) is 6.02. The van der Waals surface area contributed by atoms with Gasteiger partial charge in [-0.15, -0.1) is 0 Å². The molecular weight excluding hydrogens is 384 g/mol. The van der Waals surface area contributed by atoms with Gasteiger partial charge in [0.1, 0.15) is 5.82 Å². The fourth-order valence-corrected chi connectivity index (χ4v) is 3.00. The molecule has 2 aromatic heterocycles. The monoisotopic (exact) mass is 404 g/mol. The van der Waals surface area contributed by atoms with E-state index in [0.29, 0.717) is 28.8 Å². The van der Waals surface area contributed by atoms with Gasteiger partial charge in [0.25, 0.3) is 5.91 Å². The maximum Gasteiger partial charge on any atom is 0.320 e. The predicted molar refractivity (Wildman–Crippen MR) is 113 cm³/mol. The van der Waals surface area contributed by atoms with Crippen LogP contribution in [0.4, 0.5) is 10.6 Å². The number of primary amides is 2. The highest BCUT2D eigenvalue weighted by Crippen LogP contribution is 2.37. The Bertz CT molecular complexity index is 1110. The summed E-state index contributed by atoms with van der Waals surface area (Å²) in [5.74, 6) is -1.38. The molecule has 0 aliphatic carbocycles. The van der Waals surface area contributed by atoms with Gasteiger partial charge in [0, 0.05) is 41.8 Å². The quantitative estimate of drug-likeness (QED) is 0.496. The van der Waals surface area contributed by atoms with Crippen molar-refractivity contribution in [3.63, 3.8) is 0 Å². The molecule has 0 saturated carbocycles. The van der Waals surface area contributed by atoms with Crippen molar-refractivity contribution in [1.29, 1.82) is 0 Å². The second-order valence-electron chi connectivity index (χ2n) is 6.31. The normalized spacial score (nSPS) is 10.3. The number of nitrogens with zero attached hydrogens (tertiary/aromatic N) is 2. The number of urea groups is 1. The zero-order valence-electron chi connectivity index (χ0n) is 16.2. The van der Waals surface area contributed by atoms with E-state index in [4.69, 9.17) is 11.5 Å². The topological polar surface area (TPSA) is 153 Å². The van der Waals surface area contributed by atoms with E-state index in [2.05, 4.69) is 20.6 Å². The van der Waals surface area contributed by atoms with Crippen LogP contribution in [0.1, 0.15) is 27.6 Å². The Labute approximate surface area is 172 Å². The Morgan fingerprint density at radius 3 is 2.33 bits per heavy atom. The first kappa shape index (κ1) is 20.5. The Morgan fingerprint density at radius 2 is 1.70 bits per heavy atom. The van der Waals surface area contributed by atoms with Crippen LogP contribution in [0.15, 0.2) is 55.0 Å². The molecular formula is C21H20N6O3. The van der Waals surface area contributed by atoms with Crippen molar-refractivity contribution < 1.29 is 14.4 Å². The molecule has 9 nitrogen and oxygen atoms in total. The van der Waals surface area contributed by atoms with Crippen molar-refractivity contribution in [1.82, 2.24) is 15.3 Å². The van der Waals surface area contributed by atoms with Crippen LogP contribution in [-0.2, 0) is 0 Å². The van der Waals surface area contributed by atoms with E-state index in [0.717, 1.165) is 0 Å². The average molecular weight is 404 g/mol. The van der Waals surface area contributed by atoms with E-state index in [9.17, 15) is 14.4 Å². The van der Waals surface area contributed by atoms with Gasteiger partial charge in [-0.05, 0) is 18.6 Å². The minimum atomic E-state index is -0.769. The molecule has 3 aromatic rings. The van der Waals surface area contributed by atoms with Crippen LogP contribution in [0.5, 0.6) is 0 Å². The number of rotatable bonds is 6. The smallest absolute Gasteiger partial charge is 0.320 e. The maximum atomic E-state index is 12.4. The summed E-state index contributed by atoms with van der Waals surface area (Å²) in [6.45, 7) is 2.16. The molecule has 9 heteroatoms. The first-order valence-electron chi connectivity index (χ1n) is 9.10. The van der Waals surface area contributed by atoms with Gasteiger partial charge in [-0.1, -0.05) is 30.3 Å². The van der Waals surface area contributed by atoms with Crippen LogP contribution in [-0.4, -0.2) is 34.4 Å². The van der Waals surface area contributed by atoms with Crippen LogP contribution < -0.4 is 22.1 Å². The molecule has 152 valence electrons. The van der Waals surface area contributed by atoms with Gasteiger partial charge in [0.2, 0.25) is 5.91 Å². The van der Waals surface area contributed by atoms with Crippen LogP contribution in [0.3, 0.4) is 0 Å². The van der Waals surface area contributed by atoms with Gasteiger partial charge < -0.3 is 16.8 Å². The maximum absolute atomic E-state index is 12.4. The molecule has 6 N–H and O–H groups in total. The lowest BCUT2D eigenvalue weighted by molar-refractivity contribution is 0.0992. The van der Waals surface area contributed by atoms with Gasteiger partial charge in [-0.3, -0.25) is 19.9 Å². The predicted octanol–water partition coefficient (Wildman–Crippen LogP) is 2.15. The second kappa shape index (κ2) is 8.82. The van der Waals surface area contributed by atoms with Gasteiger partial charge in [0.05, 0.1) is 11.1 Å². The highest BCUT2D eigenvalue weighted by atomic mass is 16.2. The molecule has 0 spiro atoms. The van der Waals surface area contributed by atoms with Crippen molar-refractivity contribution in [2.75, 3.05) is 11.9 Å². The molecule has 0 bridgehead atoms. The minimum Gasteiger partial charge on any atom is -0.366 e. The summed E-state index contributed by atoms with van der Waals surface area (Å²) in [5.41, 5.74) is 13.5. The van der Waals surface area contributed by atoms with Crippen molar-refractivity contribution in [3.8, 4) is 22.3 Å². The zero-order chi connectivity index (χ0) is 21.7. The van der Waals surface area contributed by atoms with Crippen LogP contribution in [0.25, 0.3) is 22.3 Å². The number of carbonyl (C=O) groups is 3. The highest BCUT2D eigenvalue weighted by molar-refractivity contribution is 6.10. The van der Waals surface area contributed by atoms with Gasteiger partial charge in [-0.25, -0.2) is 9.78 Å². The third-order valence-corrected chi connectivity index (χ3v) is 4.29. The summed E-state index contributed by atoms with van der Waals surface area (Å²) in [4.78, 5) is 44.4. The number of benzene rings is 1. The van der Waals surface area contributed by atoms with E-state index in [-0.39, 0.29) is 16.9 Å². The first-order chi connectivity index (χ1) is 14.4. The molecule has 3 rings (SSSR count). The zero-order valence-corrected chi connectivity index (χ0v) is 16.2. The van der Waals surface area contributed by atoms with Crippen molar-refractivity contribution in [2.24, 2.45) is 11.5 Å². The number of amides is 4. The molecule has 0 radical (unpaired) electrons. The van der Waals surface area contributed by atoms with E-state index in [1.54, 1.807) is 37.3 Å². The van der Waals surface area contributed by atoms with Crippen LogP contribution >= 0.6 is 0 Å². The Balaban J connectivity index is 2.29. The van der Waals surface area contributed by atoms with E-state index < -0.39 is 17.8 Å². The number of carbonyl (C=O) groups excluding carboxylic acids is 3. The molecule has 0 unspecified atom stereocenters. The lowest BCUT2D eigenvalue weighted by atomic mass is 9.92. The van der Waals surface area contributed by atoms with E-state index >= 15 is 0 Å². The molecule has 30 heavy (non-hydrogen) atoms. The van der Waals surface area contributed by atoms with E-state index in [1.165, 1.54) is 18.6 Å². The van der Waals surface area contributed by atoms with Crippen molar-refractivity contribution in [2.45, 2.75) is 6.92 Å². The number of nitrogens with one attached hydrogen (secondary N) is 2. The number of hydrogen-bond donors (Lipinski definition) is 4. The Hall–Kier alpha value is -4.27. The number of anilines is 1. The number of pyridine rings is 2. The fourth-order valence-electron chi connectivity index (χ4n) is 3.00. The SMILES string of the molecule is CCNC(=O)Nc1ncc(-c2cncc(C(N)=O)c2)c(-c2ccccc2)c1C(N)=O. The van der Waals surface area contributed by atoms with Crippen LogP contribution in [0, 0.1) is 0 Å². The van der Waals surface area contributed by atoms with E-state index in [1.807, 2.05) is 6.07 Å². The molecule has 2 heterocycles. The van der Waals surface area contributed by atoms with Crippen molar-refractivity contribution >= 4 is 23.7 Å². The fraction of sp³-hybridized carbons (Fsp3) is 0.0952. The van der Waals surface area contributed by atoms with Crippen LogP contribution in [0.2, 0.25) is 0 Å². The third kappa shape index (κ3) is 4.25. The van der Waals surface area contributed by atoms with Gasteiger partial charge in [-0.2, -0.15) is 0 Å². The molecule has 0 saturated heterocycles. The summed E-state index contributed by atoms with van der Waals surface area (Å²) in [7, 11) is 0. The number of nitrogens with two attached hydrogens (primary N) is 2. The summed E-state index contributed by atoms with van der Waals surface area (Å²) < 4.78 is 0. The average Bonchev–Trinajstić information content (AvgIpc) is 2.74. The molecule has 0 fully saturated rings. The standard InChI is InChI=1S/C21H20N6O3/c1-2-25-21(30)27-20-17(19(23)29)16(12-6-4-3-5-7-12)15(11-26-20)13-8-14(18(22)28)10-24-9-13/h3-11H,2H2,1H3,(H2,22,28)(H2,23,29)(H2,25,26,27,30). The lowest BCUT2D eigenvalue weighted by Crippen LogP contribution is -2.30. The second-order valence-corrected chi connectivity index (χ2v) is 6.31. The van der Waals surface area contributed by atoms with Crippen molar-refractivity contribution in [3.05, 3.63) is 66.1 Å². The minimum absolute atomic E-state index is 0.0232. The largest absolute Gasteiger partial charge is 0.366 e.